The molecule has 0 bridgehead atoms. The Bertz CT molecular complexity index is 785. The van der Waals surface area contributed by atoms with Crippen molar-refractivity contribution in [3.63, 3.8) is 0 Å². The van der Waals surface area contributed by atoms with Crippen molar-refractivity contribution < 1.29 is 14.3 Å². The molecule has 116 valence electrons. The number of nitrogens with one attached hydrogen (secondary N) is 1. The topological polar surface area (TPSA) is 59.9 Å². The highest BCUT2D eigenvalue weighted by molar-refractivity contribution is 6.04. The van der Waals surface area contributed by atoms with Crippen LogP contribution in [0.15, 0.2) is 53.6 Å². The maximum atomic E-state index is 12.3. The lowest BCUT2D eigenvalue weighted by atomic mass is 10.1. The zero-order chi connectivity index (χ0) is 15.6. The highest BCUT2D eigenvalue weighted by Crippen LogP contribution is 2.30. The molecular weight excluding hydrogens is 292 g/mol. The van der Waals surface area contributed by atoms with Crippen LogP contribution in [0.1, 0.15) is 17.5 Å². The molecule has 0 saturated carbocycles. The van der Waals surface area contributed by atoms with Crippen LogP contribution in [0.2, 0.25) is 0 Å². The van der Waals surface area contributed by atoms with E-state index < -0.39 is 6.10 Å². The minimum absolute atomic E-state index is 0.185. The first-order valence-electron chi connectivity index (χ1n) is 7.64. The van der Waals surface area contributed by atoms with Gasteiger partial charge in [-0.3, -0.25) is 4.79 Å². The van der Waals surface area contributed by atoms with Crippen molar-refractivity contribution in [2.45, 2.75) is 18.9 Å². The van der Waals surface area contributed by atoms with Gasteiger partial charge in [0.25, 0.3) is 5.91 Å². The van der Waals surface area contributed by atoms with Crippen molar-refractivity contribution in [3.05, 3.63) is 59.7 Å². The second-order valence-corrected chi connectivity index (χ2v) is 5.56. The molecule has 0 radical (unpaired) electrons. The third kappa shape index (κ3) is 2.65. The molecule has 5 heteroatoms. The highest BCUT2D eigenvalue weighted by atomic mass is 16.6. The lowest BCUT2D eigenvalue weighted by Gasteiger charge is -2.24. The predicted molar refractivity (Wildman–Crippen MR) is 85.8 cm³/mol. The van der Waals surface area contributed by atoms with Gasteiger partial charge in [0.2, 0.25) is 6.10 Å². The van der Waals surface area contributed by atoms with Gasteiger partial charge in [-0.05, 0) is 30.5 Å². The molecule has 1 amide bonds. The molecule has 1 aliphatic heterocycles. The van der Waals surface area contributed by atoms with Crippen molar-refractivity contribution in [3.8, 4) is 11.5 Å². The monoisotopic (exact) mass is 308 g/mol. The van der Waals surface area contributed by atoms with E-state index in [0.717, 1.165) is 24.1 Å². The summed E-state index contributed by atoms with van der Waals surface area (Å²) in [7, 11) is 0. The van der Waals surface area contributed by atoms with Gasteiger partial charge in [-0.25, -0.2) is 5.43 Å². The summed E-state index contributed by atoms with van der Waals surface area (Å²) in [5.41, 5.74) is 5.90. The third-order valence-corrected chi connectivity index (χ3v) is 4.06. The molecular formula is C18H16N2O3. The van der Waals surface area contributed by atoms with Gasteiger partial charge in [-0.2, -0.15) is 5.10 Å². The second kappa shape index (κ2) is 5.76. The molecule has 1 heterocycles. The summed E-state index contributed by atoms with van der Waals surface area (Å²) in [6.45, 7) is 0.185. The molecule has 23 heavy (non-hydrogen) atoms. The van der Waals surface area contributed by atoms with Gasteiger partial charge < -0.3 is 9.47 Å². The number of amides is 1. The number of ether oxygens (including phenoxy) is 2. The van der Waals surface area contributed by atoms with Crippen molar-refractivity contribution >= 4 is 11.6 Å². The first kappa shape index (κ1) is 13.8. The number of para-hydroxylation sites is 2. The van der Waals surface area contributed by atoms with E-state index in [0.29, 0.717) is 11.5 Å². The molecule has 2 aromatic carbocycles. The third-order valence-electron chi connectivity index (χ3n) is 4.06. The summed E-state index contributed by atoms with van der Waals surface area (Å²) in [6, 6.07) is 15.4. The van der Waals surface area contributed by atoms with Crippen LogP contribution in [0.4, 0.5) is 0 Å². The maximum absolute atomic E-state index is 12.3. The second-order valence-electron chi connectivity index (χ2n) is 5.56. The number of carbonyl (C=O) groups excluding carboxylic acids is 1. The summed E-state index contributed by atoms with van der Waals surface area (Å²) in [6.07, 6.45) is 1.11. The molecule has 1 N–H and O–H groups in total. The molecule has 0 spiro atoms. The first-order valence-corrected chi connectivity index (χ1v) is 7.64. The number of hydrogen-bond donors (Lipinski definition) is 1. The van der Waals surface area contributed by atoms with Crippen molar-refractivity contribution in [2.24, 2.45) is 5.10 Å². The molecule has 5 nitrogen and oxygen atoms in total. The molecule has 4 rings (SSSR count). The lowest BCUT2D eigenvalue weighted by molar-refractivity contribution is -0.130. The Morgan fingerprint density at radius 3 is 2.74 bits per heavy atom. The van der Waals surface area contributed by atoms with E-state index >= 15 is 0 Å². The zero-order valence-electron chi connectivity index (χ0n) is 12.5. The molecule has 2 aromatic rings. The van der Waals surface area contributed by atoms with Gasteiger partial charge in [0.05, 0.1) is 5.71 Å². The fourth-order valence-electron chi connectivity index (χ4n) is 2.87. The van der Waals surface area contributed by atoms with Crippen molar-refractivity contribution in [2.75, 3.05) is 6.61 Å². The van der Waals surface area contributed by atoms with E-state index in [4.69, 9.17) is 9.47 Å². The van der Waals surface area contributed by atoms with Crippen LogP contribution in [0.5, 0.6) is 11.5 Å². The van der Waals surface area contributed by atoms with E-state index in [1.807, 2.05) is 36.4 Å². The van der Waals surface area contributed by atoms with Gasteiger partial charge in [0, 0.05) is 5.56 Å². The quantitative estimate of drug-likeness (QED) is 0.866. The average Bonchev–Trinajstić information content (AvgIpc) is 3.02. The SMILES string of the molecule is O=C(N/N=C1\CCc2ccccc21)C1COc2ccccc2O1. The summed E-state index contributed by atoms with van der Waals surface area (Å²) in [5, 5.41) is 4.28. The lowest BCUT2D eigenvalue weighted by Crippen LogP contribution is -2.42. The summed E-state index contributed by atoms with van der Waals surface area (Å²) >= 11 is 0. The number of fused-ring (bicyclic) bond motifs is 2. The zero-order valence-corrected chi connectivity index (χ0v) is 12.5. The van der Waals surface area contributed by atoms with Gasteiger partial charge in [0.1, 0.15) is 6.61 Å². The predicted octanol–water partition coefficient (Wildman–Crippen LogP) is 2.29. The molecule has 1 atom stereocenters. The number of carbonyl (C=O) groups is 1. The molecule has 0 aromatic heterocycles. The molecule has 1 unspecified atom stereocenters. The van der Waals surface area contributed by atoms with E-state index in [2.05, 4.69) is 16.6 Å². The Balaban J connectivity index is 1.45. The smallest absolute Gasteiger partial charge is 0.284 e. The number of nitrogens with zero attached hydrogens (tertiary/aromatic N) is 1. The van der Waals surface area contributed by atoms with Crippen LogP contribution in [0, 0.1) is 0 Å². The highest BCUT2D eigenvalue weighted by Gasteiger charge is 2.27. The van der Waals surface area contributed by atoms with Gasteiger partial charge in [-0.1, -0.05) is 36.4 Å². The number of hydrazone groups is 1. The number of rotatable bonds is 2. The summed E-state index contributed by atoms with van der Waals surface area (Å²) < 4.78 is 11.2. The first-order chi connectivity index (χ1) is 11.3. The van der Waals surface area contributed by atoms with E-state index in [9.17, 15) is 4.79 Å². The maximum Gasteiger partial charge on any atom is 0.284 e. The van der Waals surface area contributed by atoms with Crippen LogP contribution in [-0.2, 0) is 11.2 Å². The van der Waals surface area contributed by atoms with Crippen LogP contribution in [0.25, 0.3) is 0 Å². The van der Waals surface area contributed by atoms with Gasteiger partial charge >= 0.3 is 0 Å². The summed E-state index contributed by atoms with van der Waals surface area (Å²) in [4.78, 5) is 12.3. The minimum Gasteiger partial charge on any atom is -0.485 e. The Labute approximate surface area is 133 Å². The normalized spacial score (nSPS) is 20.2. The van der Waals surface area contributed by atoms with Gasteiger partial charge in [0.15, 0.2) is 11.5 Å². The number of aryl methyl sites for hydroxylation is 1. The Kier molecular flexibility index (Phi) is 3.46. The van der Waals surface area contributed by atoms with E-state index in [1.54, 1.807) is 6.07 Å². The van der Waals surface area contributed by atoms with E-state index in [1.165, 1.54) is 5.56 Å². The van der Waals surface area contributed by atoms with Crippen LogP contribution < -0.4 is 14.9 Å². The van der Waals surface area contributed by atoms with Crippen LogP contribution in [-0.4, -0.2) is 24.3 Å². The summed E-state index contributed by atoms with van der Waals surface area (Å²) in [5.74, 6) is 0.946. The number of hydrogen-bond acceptors (Lipinski definition) is 4. The van der Waals surface area contributed by atoms with Crippen LogP contribution in [0.3, 0.4) is 0 Å². The van der Waals surface area contributed by atoms with Crippen LogP contribution >= 0.6 is 0 Å². The minimum atomic E-state index is -0.689. The van der Waals surface area contributed by atoms with Crippen molar-refractivity contribution in [1.82, 2.24) is 5.43 Å². The Morgan fingerprint density at radius 2 is 1.83 bits per heavy atom. The Hall–Kier alpha value is -2.82. The molecule has 0 fully saturated rings. The average molecular weight is 308 g/mol. The van der Waals surface area contributed by atoms with Gasteiger partial charge in [-0.15, -0.1) is 0 Å². The standard InChI is InChI=1S/C18H16N2O3/c21-18(17-11-22-15-7-3-4-8-16(15)23-17)20-19-14-10-9-12-5-1-2-6-13(12)14/h1-8,17H,9-11H2,(H,20,21)/b19-14+. The number of benzene rings is 2. The fraction of sp³-hybridized carbons (Fsp3) is 0.222. The fourth-order valence-corrected chi connectivity index (χ4v) is 2.87. The largest absolute Gasteiger partial charge is 0.485 e. The van der Waals surface area contributed by atoms with Crippen molar-refractivity contribution in [1.29, 1.82) is 0 Å². The molecule has 2 aliphatic rings. The van der Waals surface area contributed by atoms with E-state index in [-0.39, 0.29) is 12.5 Å². The Morgan fingerprint density at radius 1 is 1.04 bits per heavy atom. The molecule has 0 saturated heterocycles. The molecule has 1 aliphatic carbocycles.